The SMILES string of the molecule is COc1ccc(COC(=O)c2ccc(OCc3ccccc3)cc2)cc1F. The number of rotatable bonds is 7. The van der Waals surface area contributed by atoms with Crippen LogP contribution in [0, 0.1) is 5.82 Å². The van der Waals surface area contributed by atoms with Crippen molar-refractivity contribution >= 4 is 5.97 Å². The van der Waals surface area contributed by atoms with Crippen molar-refractivity contribution in [2.45, 2.75) is 13.2 Å². The van der Waals surface area contributed by atoms with Gasteiger partial charge in [0.25, 0.3) is 0 Å². The molecule has 3 rings (SSSR count). The number of esters is 1. The predicted octanol–water partition coefficient (Wildman–Crippen LogP) is 4.77. The fourth-order valence-electron chi connectivity index (χ4n) is 2.46. The normalized spacial score (nSPS) is 10.3. The van der Waals surface area contributed by atoms with Gasteiger partial charge >= 0.3 is 5.97 Å². The van der Waals surface area contributed by atoms with E-state index >= 15 is 0 Å². The lowest BCUT2D eigenvalue weighted by Gasteiger charge is -2.09. The van der Waals surface area contributed by atoms with Gasteiger partial charge < -0.3 is 14.2 Å². The van der Waals surface area contributed by atoms with Gasteiger partial charge in [0.15, 0.2) is 11.6 Å². The monoisotopic (exact) mass is 366 g/mol. The maximum absolute atomic E-state index is 13.7. The molecule has 0 radical (unpaired) electrons. The molecule has 0 aliphatic carbocycles. The number of hydrogen-bond donors (Lipinski definition) is 0. The van der Waals surface area contributed by atoms with Crippen LogP contribution in [-0.2, 0) is 18.0 Å². The molecule has 0 saturated carbocycles. The van der Waals surface area contributed by atoms with E-state index in [1.54, 1.807) is 30.3 Å². The summed E-state index contributed by atoms with van der Waals surface area (Å²) in [7, 11) is 1.39. The highest BCUT2D eigenvalue weighted by molar-refractivity contribution is 5.89. The van der Waals surface area contributed by atoms with Crippen molar-refractivity contribution in [1.29, 1.82) is 0 Å². The molecule has 5 heteroatoms. The Morgan fingerprint density at radius 3 is 2.30 bits per heavy atom. The minimum Gasteiger partial charge on any atom is -0.494 e. The second-order valence-corrected chi connectivity index (χ2v) is 5.84. The largest absolute Gasteiger partial charge is 0.494 e. The van der Waals surface area contributed by atoms with Gasteiger partial charge in [-0.3, -0.25) is 0 Å². The average Bonchev–Trinajstić information content (AvgIpc) is 2.72. The van der Waals surface area contributed by atoms with Crippen LogP contribution in [0.15, 0.2) is 72.8 Å². The van der Waals surface area contributed by atoms with Crippen molar-refractivity contribution in [3.05, 3.63) is 95.3 Å². The molecule has 0 unspecified atom stereocenters. The maximum atomic E-state index is 13.7. The number of methoxy groups -OCH3 is 1. The summed E-state index contributed by atoms with van der Waals surface area (Å²) in [5.41, 5.74) is 2.01. The number of halogens is 1. The topological polar surface area (TPSA) is 44.8 Å². The molecule has 3 aromatic carbocycles. The van der Waals surface area contributed by atoms with Gasteiger partial charge in [0.05, 0.1) is 12.7 Å². The molecule has 0 saturated heterocycles. The fraction of sp³-hybridized carbons (Fsp3) is 0.136. The lowest BCUT2D eigenvalue weighted by atomic mass is 10.2. The Hall–Kier alpha value is -3.34. The van der Waals surface area contributed by atoms with Gasteiger partial charge in [-0.05, 0) is 47.5 Å². The molecule has 0 bridgehead atoms. The Morgan fingerprint density at radius 1 is 0.889 bits per heavy atom. The van der Waals surface area contributed by atoms with Crippen LogP contribution in [0.2, 0.25) is 0 Å². The summed E-state index contributed by atoms with van der Waals surface area (Å²) in [6.07, 6.45) is 0. The second-order valence-electron chi connectivity index (χ2n) is 5.84. The fourth-order valence-corrected chi connectivity index (χ4v) is 2.46. The van der Waals surface area contributed by atoms with Crippen LogP contribution >= 0.6 is 0 Å². The maximum Gasteiger partial charge on any atom is 0.338 e. The summed E-state index contributed by atoms with van der Waals surface area (Å²) in [6.45, 7) is 0.430. The number of carbonyl (C=O) groups excluding carboxylic acids is 1. The molecular formula is C22H19FO4. The third kappa shape index (κ3) is 5.07. The van der Waals surface area contributed by atoms with Crippen molar-refractivity contribution in [3.63, 3.8) is 0 Å². The van der Waals surface area contributed by atoms with Crippen molar-refractivity contribution in [2.75, 3.05) is 7.11 Å². The molecule has 0 atom stereocenters. The Labute approximate surface area is 157 Å². The minimum absolute atomic E-state index is 0.0218. The highest BCUT2D eigenvalue weighted by Gasteiger charge is 2.09. The predicted molar refractivity (Wildman–Crippen MR) is 99.3 cm³/mol. The van der Waals surface area contributed by atoms with Crippen LogP contribution in [0.5, 0.6) is 11.5 Å². The van der Waals surface area contributed by atoms with E-state index < -0.39 is 11.8 Å². The summed E-state index contributed by atoms with van der Waals surface area (Å²) in [6, 6.07) is 20.9. The van der Waals surface area contributed by atoms with Gasteiger partial charge in [0, 0.05) is 0 Å². The minimum atomic E-state index is -0.494. The quantitative estimate of drug-likeness (QED) is 0.565. The Kier molecular flexibility index (Phi) is 6.05. The van der Waals surface area contributed by atoms with E-state index in [4.69, 9.17) is 14.2 Å². The highest BCUT2D eigenvalue weighted by atomic mass is 19.1. The molecule has 0 amide bonds. The highest BCUT2D eigenvalue weighted by Crippen LogP contribution is 2.19. The Bertz CT molecular complexity index is 892. The first-order chi connectivity index (χ1) is 13.2. The Balaban J connectivity index is 1.53. The van der Waals surface area contributed by atoms with Gasteiger partial charge in [0.1, 0.15) is 19.0 Å². The smallest absolute Gasteiger partial charge is 0.338 e. The summed E-state index contributed by atoms with van der Waals surface area (Å²) in [5, 5.41) is 0. The lowest BCUT2D eigenvalue weighted by molar-refractivity contribution is 0.0472. The van der Waals surface area contributed by atoms with Crippen LogP contribution in [0.25, 0.3) is 0 Å². The van der Waals surface area contributed by atoms with Crippen molar-refractivity contribution in [3.8, 4) is 11.5 Å². The molecule has 0 heterocycles. The molecule has 0 aromatic heterocycles. The van der Waals surface area contributed by atoms with Crippen molar-refractivity contribution < 1.29 is 23.4 Å². The Morgan fingerprint density at radius 2 is 1.63 bits per heavy atom. The van der Waals surface area contributed by atoms with E-state index in [9.17, 15) is 9.18 Å². The zero-order chi connectivity index (χ0) is 19.1. The van der Waals surface area contributed by atoms with Crippen molar-refractivity contribution in [2.24, 2.45) is 0 Å². The van der Waals surface area contributed by atoms with Gasteiger partial charge in [-0.1, -0.05) is 36.4 Å². The number of carbonyl (C=O) groups is 1. The van der Waals surface area contributed by atoms with E-state index in [-0.39, 0.29) is 12.4 Å². The number of benzene rings is 3. The third-order valence-electron chi connectivity index (χ3n) is 3.92. The first-order valence-corrected chi connectivity index (χ1v) is 8.42. The molecule has 0 fully saturated rings. The van der Waals surface area contributed by atoms with Gasteiger partial charge in [0.2, 0.25) is 0 Å². The van der Waals surface area contributed by atoms with E-state index in [0.717, 1.165) is 5.56 Å². The third-order valence-corrected chi connectivity index (χ3v) is 3.92. The summed E-state index contributed by atoms with van der Waals surface area (Å²) in [4.78, 5) is 12.1. The summed E-state index contributed by atoms with van der Waals surface area (Å²) < 4.78 is 29.4. The van der Waals surface area contributed by atoms with Crippen LogP contribution in [0.4, 0.5) is 4.39 Å². The van der Waals surface area contributed by atoms with E-state index in [1.165, 1.54) is 19.2 Å². The van der Waals surface area contributed by atoms with Crippen LogP contribution < -0.4 is 9.47 Å². The van der Waals surface area contributed by atoms with E-state index in [1.807, 2.05) is 30.3 Å². The molecule has 0 aliphatic heterocycles. The van der Waals surface area contributed by atoms with Gasteiger partial charge in [-0.25, -0.2) is 9.18 Å². The second kappa shape index (κ2) is 8.85. The first kappa shape index (κ1) is 18.5. The molecule has 27 heavy (non-hydrogen) atoms. The molecule has 0 N–H and O–H groups in total. The standard InChI is InChI=1S/C22H19FO4/c1-25-21-12-7-17(13-20(21)23)15-27-22(24)18-8-10-19(11-9-18)26-14-16-5-3-2-4-6-16/h2-13H,14-15H2,1H3. The number of ether oxygens (including phenoxy) is 3. The lowest BCUT2D eigenvalue weighted by Crippen LogP contribution is -2.05. The molecule has 3 aromatic rings. The van der Waals surface area contributed by atoms with Crippen LogP contribution in [-0.4, -0.2) is 13.1 Å². The average molecular weight is 366 g/mol. The summed E-state index contributed by atoms with van der Waals surface area (Å²) >= 11 is 0. The first-order valence-electron chi connectivity index (χ1n) is 8.42. The van der Waals surface area contributed by atoms with Crippen molar-refractivity contribution in [1.82, 2.24) is 0 Å². The van der Waals surface area contributed by atoms with Gasteiger partial charge in [-0.2, -0.15) is 0 Å². The molecule has 4 nitrogen and oxygen atoms in total. The van der Waals surface area contributed by atoms with Crippen LogP contribution in [0.1, 0.15) is 21.5 Å². The van der Waals surface area contributed by atoms with Crippen LogP contribution in [0.3, 0.4) is 0 Å². The molecular weight excluding hydrogens is 347 g/mol. The molecule has 138 valence electrons. The zero-order valence-corrected chi connectivity index (χ0v) is 14.9. The number of hydrogen-bond acceptors (Lipinski definition) is 4. The molecule has 0 aliphatic rings. The van der Waals surface area contributed by atoms with E-state index in [0.29, 0.717) is 23.5 Å². The zero-order valence-electron chi connectivity index (χ0n) is 14.9. The van der Waals surface area contributed by atoms with E-state index in [2.05, 4.69) is 0 Å². The summed E-state index contributed by atoms with van der Waals surface area (Å²) in [5.74, 6) is -0.171. The molecule has 0 spiro atoms. The van der Waals surface area contributed by atoms with Gasteiger partial charge in [-0.15, -0.1) is 0 Å².